The molecule has 0 amide bonds. The molecule has 0 aromatic carbocycles. The summed E-state index contributed by atoms with van der Waals surface area (Å²) in [5.41, 5.74) is 6.16. The van der Waals surface area contributed by atoms with Gasteiger partial charge in [0, 0.05) is 12.7 Å². The Labute approximate surface area is 113 Å². The fraction of sp³-hybridized carbons (Fsp3) is 0.583. The number of nitrogens with one attached hydrogen (secondary N) is 1. The third kappa shape index (κ3) is 3.61. The van der Waals surface area contributed by atoms with Gasteiger partial charge < -0.3 is 16.0 Å². The average Bonchev–Trinajstić information content (AvgIpc) is 2.38. The number of likely N-dealkylation sites (tertiary alicyclic amines) is 1. The van der Waals surface area contributed by atoms with Gasteiger partial charge in [0.15, 0.2) is 0 Å². The largest absolute Gasteiger partial charge is 0.388 e. The van der Waals surface area contributed by atoms with Crippen LogP contribution in [0.3, 0.4) is 0 Å². The lowest BCUT2D eigenvalue weighted by Gasteiger charge is -2.28. The van der Waals surface area contributed by atoms with Crippen LogP contribution in [0.25, 0.3) is 0 Å². The summed E-state index contributed by atoms with van der Waals surface area (Å²) in [4.78, 5) is 11.1. The summed E-state index contributed by atoms with van der Waals surface area (Å²) in [7, 11) is 2.17. The predicted octanol–water partition coefficient (Wildman–Crippen LogP) is 0.864. The smallest absolute Gasteiger partial charge is 0.223 e. The van der Waals surface area contributed by atoms with Crippen molar-refractivity contribution in [1.29, 1.82) is 0 Å². The molecule has 1 aromatic rings. The molecule has 18 heavy (non-hydrogen) atoms. The Morgan fingerprint density at radius 3 is 2.94 bits per heavy atom. The zero-order valence-corrected chi connectivity index (χ0v) is 11.4. The lowest BCUT2D eigenvalue weighted by Crippen LogP contribution is -2.33. The fourth-order valence-electron chi connectivity index (χ4n) is 2.08. The van der Waals surface area contributed by atoms with Crippen molar-refractivity contribution in [3.8, 4) is 0 Å². The van der Waals surface area contributed by atoms with Crippen molar-refractivity contribution in [2.24, 2.45) is 11.7 Å². The standard InChI is InChI=1S/C12H19N5S/c1-17-6-3-9(4-7-17)8-15-12-14-5-2-10(16-12)11(13)18/h2,5,9H,3-4,6-8H2,1H3,(H2,13,18)(H,14,15,16). The molecule has 0 spiro atoms. The van der Waals surface area contributed by atoms with E-state index in [0.29, 0.717) is 22.5 Å². The van der Waals surface area contributed by atoms with Crippen molar-refractivity contribution in [1.82, 2.24) is 14.9 Å². The Bertz CT molecular complexity index is 415. The number of thiocarbonyl (C=S) groups is 1. The maximum absolute atomic E-state index is 5.54. The molecule has 1 aliphatic heterocycles. The van der Waals surface area contributed by atoms with E-state index in [9.17, 15) is 0 Å². The summed E-state index contributed by atoms with van der Waals surface area (Å²) in [5.74, 6) is 1.30. The zero-order valence-electron chi connectivity index (χ0n) is 10.6. The van der Waals surface area contributed by atoms with Crippen LogP contribution in [0, 0.1) is 5.92 Å². The van der Waals surface area contributed by atoms with Gasteiger partial charge in [0.2, 0.25) is 5.95 Å². The highest BCUT2D eigenvalue weighted by Gasteiger charge is 2.16. The Balaban J connectivity index is 1.86. The molecule has 1 fully saturated rings. The van der Waals surface area contributed by atoms with Crippen LogP contribution in [0.2, 0.25) is 0 Å². The van der Waals surface area contributed by atoms with E-state index in [2.05, 4.69) is 27.2 Å². The van der Waals surface area contributed by atoms with Gasteiger partial charge in [-0.05, 0) is 45.0 Å². The Hall–Kier alpha value is -1.27. The van der Waals surface area contributed by atoms with Gasteiger partial charge in [0.25, 0.3) is 0 Å². The summed E-state index contributed by atoms with van der Waals surface area (Å²) >= 11 is 4.90. The van der Waals surface area contributed by atoms with Crippen molar-refractivity contribution in [2.75, 3.05) is 32.0 Å². The minimum absolute atomic E-state index is 0.305. The molecule has 0 saturated carbocycles. The Morgan fingerprint density at radius 1 is 1.56 bits per heavy atom. The molecule has 1 aliphatic rings. The van der Waals surface area contributed by atoms with Crippen LogP contribution in [0.4, 0.5) is 5.95 Å². The first-order valence-electron chi connectivity index (χ1n) is 6.20. The normalized spacial score (nSPS) is 17.6. The highest BCUT2D eigenvalue weighted by Crippen LogP contribution is 2.16. The molecule has 0 bridgehead atoms. The SMILES string of the molecule is CN1CCC(CNc2nccc(C(N)=S)n2)CC1. The molecule has 0 radical (unpaired) electrons. The second kappa shape index (κ2) is 6.06. The van der Waals surface area contributed by atoms with Crippen LogP contribution in [0.1, 0.15) is 18.5 Å². The number of hydrogen-bond acceptors (Lipinski definition) is 5. The van der Waals surface area contributed by atoms with Crippen molar-refractivity contribution < 1.29 is 0 Å². The van der Waals surface area contributed by atoms with E-state index < -0.39 is 0 Å². The van der Waals surface area contributed by atoms with Gasteiger partial charge in [-0.1, -0.05) is 12.2 Å². The van der Waals surface area contributed by atoms with Crippen molar-refractivity contribution in [3.05, 3.63) is 18.0 Å². The van der Waals surface area contributed by atoms with Crippen molar-refractivity contribution in [2.45, 2.75) is 12.8 Å². The monoisotopic (exact) mass is 265 g/mol. The molecule has 6 heteroatoms. The van der Waals surface area contributed by atoms with Crippen molar-refractivity contribution in [3.63, 3.8) is 0 Å². The summed E-state index contributed by atoms with van der Waals surface area (Å²) in [5, 5.41) is 3.27. The molecule has 2 heterocycles. The van der Waals surface area contributed by atoms with Gasteiger partial charge in [0.05, 0.1) is 0 Å². The van der Waals surface area contributed by atoms with Gasteiger partial charge in [-0.2, -0.15) is 0 Å². The van der Waals surface area contributed by atoms with E-state index in [4.69, 9.17) is 18.0 Å². The van der Waals surface area contributed by atoms with Crippen LogP contribution in [-0.2, 0) is 0 Å². The lowest BCUT2D eigenvalue weighted by molar-refractivity contribution is 0.226. The minimum atomic E-state index is 0.305. The molecule has 0 unspecified atom stereocenters. The van der Waals surface area contributed by atoms with Crippen LogP contribution < -0.4 is 11.1 Å². The molecule has 5 nitrogen and oxygen atoms in total. The first-order valence-corrected chi connectivity index (χ1v) is 6.61. The second-order valence-electron chi connectivity index (χ2n) is 4.76. The number of hydrogen-bond donors (Lipinski definition) is 2. The highest BCUT2D eigenvalue weighted by atomic mass is 32.1. The Kier molecular flexibility index (Phi) is 4.43. The highest BCUT2D eigenvalue weighted by molar-refractivity contribution is 7.80. The average molecular weight is 265 g/mol. The summed E-state index contributed by atoms with van der Waals surface area (Å²) < 4.78 is 0. The van der Waals surface area contributed by atoms with E-state index in [0.717, 1.165) is 6.54 Å². The van der Waals surface area contributed by atoms with Crippen LogP contribution >= 0.6 is 12.2 Å². The van der Waals surface area contributed by atoms with Gasteiger partial charge in [-0.25, -0.2) is 9.97 Å². The first-order chi connectivity index (χ1) is 8.65. The van der Waals surface area contributed by atoms with E-state index in [1.807, 2.05) is 0 Å². The number of rotatable bonds is 4. The number of piperidine rings is 1. The summed E-state index contributed by atoms with van der Waals surface area (Å²) in [6.07, 6.45) is 4.12. The quantitative estimate of drug-likeness (QED) is 0.787. The molecular weight excluding hydrogens is 246 g/mol. The van der Waals surface area contributed by atoms with Crippen LogP contribution in [-0.4, -0.2) is 46.5 Å². The molecule has 2 rings (SSSR count). The van der Waals surface area contributed by atoms with E-state index >= 15 is 0 Å². The van der Waals surface area contributed by atoms with E-state index in [-0.39, 0.29) is 0 Å². The molecule has 0 aliphatic carbocycles. The Morgan fingerprint density at radius 2 is 2.28 bits per heavy atom. The molecule has 3 N–H and O–H groups in total. The fourth-order valence-corrected chi connectivity index (χ4v) is 2.20. The minimum Gasteiger partial charge on any atom is -0.388 e. The number of nitrogens with zero attached hydrogens (tertiary/aromatic N) is 3. The van der Waals surface area contributed by atoms with Gasteiger partial charge in [-0.15, -0.1) is 0 Å². The van der Waals surface area contributed by atoms with Gasteiger partial charge >= 0.3 is 0 Å². The topological polar surface area (TPSA) is 67.1 Å². The molecule has 0 atom stereocenters. The summed E-state index contributed by atoms with van der Waals surface area (Å²) in [6, 6.07) is 1.73. The van der Waals surface area contributed by atoms with E-state index in [1.54, 1.807) is 12.3 Å². The maximum Gasteiger partial charge on any atom is 0.223 e. The predicted molar refractivity (Wildman–Crippen MR) is 76.6 cm³/mol. The molecular formula is C12H19N5S. The van der Waals surface area contributed by atoms with Crippen LogP contribution in [0.5, 0.6) is 0 Å². The van der Waals surface area contributed by atoms with Crippen molar-refractivity contribution >= 4 is 23.2 Å². The molecule has 98 valence electrons. The number of nitrogens with two attached hydrogens (primary N) is 1. The maximum atomic E-state index is 5.54. The van der Waals surface area contributed by atoms with Crippen LogP contribution in [0.15, 0.2) is 12.3 Å². The third-order valence-corrected chi connectivity index (χ3v) is 3.50. The van der Waals surface area contributed by atoms with Gasteiger partial charge in [-0.3, -0.25) is 0 Å². The molecule has 1 aromatic heterocycles. The number of aromatic nitrogens is 2. The first kappa shape index (κ1) is 13.2. The van der Waals surface area contributed by atoms with E-state index in [1.165, 1.54) is 25.9 Å². The number of anilines is 1. The second-order valence-corrected chi connectivity index (χ2v) is 5.20. The summed E-state index contributed by atoms with van der Waals surface area (Å²) in [6.45, 7) is 3.24. The lowest BCUT2D eigenvalue weighted by atomic mass is 9.97. The third-order valence-electron chi connectivity index (χ3n) is 3.30. The molecule has 1 saturated heterocycles. The van der Waals surface area contributed by atoms with Gasteiger partial charge in [0.1, 0.15) is 10.7 Å². The zero-order chi connectivity index (χ0) is 13.0.